The fraction of sp³-hybridized carbons (Fsp3) is 0.588. The maximum atomic E-state index is 12.3. The van der Waals surface area contributed by atoms with Gasteiger partial charge in [0.2, 0.25) is 5.91 Å². The van der Waals surface area contributed by atoms with E-state index in [1.807, 2.05) is 24.3 Å². The minimum Gasteiger partial charge on any atom is -0.396 e. The first kappa shape index (κ1) is 19.1. The van der Waals surface area contributed by atoms with Crippen molar-refractivity contribution in [1.29, 1.82) is 0 Å². The Balaban J connectivity index is 2.63. The van der Waals surface area contributed by atoms with Crippen LogP contribution >= 0.6 is 15.9 Å². The lowest BCUT2D eigenvalue weighted by atomic mass is 10.0. The number of hydrogen-bond donors (Lipinski definition) is 2. The predicted octanol–water partition coefficient (Wildman–Crippen LogP) is 3.44. The SMILES string of the molecule is CC(C)CCO[C@@H](C)C(=O)N[C@@H](CCO)c1ccccc1Br. The summed E-state index contributed by atoms with van der Waals surface area (Å²) in [6.45, 7) is 6.59. The van der Waals surface area contributed by atoms with Crippen LogP contribution in [0.1, 0.15) is 45.2 Å². The molecule has 0 bridgehead atoms. The molecule has 0 aromatic heterocycles. The minimum absolute atomic E-state index is 0.00880. The lowest BCUT2D eigenvalue weighted by molar-refractivity contribution is -0.132. The van der Waals surface area contributed by atoms with Crippen molar-refractivity contribution in [2.45, 2.75) is 45.8 Å². The van der Waals surface area contributed by atoms with E-state index in [1.165, 1.54) is 0 Å². The summed E-state index contributed by atoms with van der Waals surface area (Å²) in [7, 11) is 0. The van der Waals surface area contributed by atoms with Gasteiger partial charge in [-0.1, -0.05) is 48.0 Å². The lowest BCUT2D eigenvalue weighted by Gasteiger charge is -2.22. The van der Waals surface area contributed by atoms with Crippen LogP contribution in [0.15, 0.2) is 28.7 Å². The van der Waals surface area contributed by atoms with Crippen LogP contribution in [-0.2, 0) is 9.53 Å². The number of carbonyl (C=O) groups is 1. The highest BCUT2D eigenvalue weighted by molar-refractivity contribution is 9.10. The maximum Gasteiger partial charge on any atom is 0.249 e. The Kier molecular flexibility index (Phi) is 8.68. The number of carbonyl (C=O) groups excluding carboxylic acids is 1. The summed E-state index contributed by atoms with van der Waals surface area (Å²) in [5.41, 5.74) is 0.958. The fourth-order valence-corrected chi connectivity index (χ4v) is 2.60. The highest BCUT2D eigenvalue weighted by Gasteiger charge is 2.20. The van der Waals surface area contributed by atoms with Crippen molar-refractivity contribution < 1.29 is 14.6 Å². The second kappa shape index (κ2) is 9.98. The zero-order valence-electron chi connectivity index (χ0n) is 13.5. The molecule has 22 heavy (non-hydrogen) atoms. The van der Waals surface area contributed by atoms with Crippen LogP contribution in [0.2, 0.25) is 0 Å². The molecule has 4 nitrogen and oxygen atoms in total. The van der Waals surface area contributed by atoms with Gasteiger partial charge in [0.15, 0.2) is 0 Å². The summed E-state index contributed by atoms with van der Waals surface area (Å²) in [6.07, 6.45) is 0.900. The Morgan fingerprint density at radius 3 is 2.55 bits per heavy atom. The van der Waals surface area contributed by atoms with Gasteiger partial charge in [-0.05, 0) is 37.3 Å². The second-order valence-corrected chi connectivity index (χ2v) is 6.64. The quantitative estimate of drug-likeness (QED) is 0.698. The molecule has 0 unspecified atom stereocenters. The van der Waals surface area contributed by atoms with Crippen LogP contribution in [0, 0.1) is 5.92 Å². The van der Waals surface area contributed by atoms with Gasteiger partial charge < -0.3 is 15.2 Å². The van der Waals surface area contributed by atoms with Crippen molar-refractivity contribution >= 4 is 21.8 Å². The first-order chi connectivity index (χ1) is 10.5. The van der Waals surface area contributed by atoms with Crippen molar-refractivity contribution in [3.63, 3.8) is 0 Å². The van der Waals surface area contributed by atoms with E-state index in [0.717, 1.165) is 16.5 Å². The van der Waals surface area contributed by atoms with E-state index >= 15 is 0 Å². The molecular weight excluding hydrogens is 346 g/mol. The van der Waals surface area contributed by atoms with Crippen molar-refractivity contribution in [2.24, 2.45) is 5.92 Å². The third-order valence-electron chi connectivity index (χ3n) is 3.45. The van der Waals surface area contributed by atoms with Gasteiger partial charge in [0, 0.05) is 17.7 Å². The van der Waals surface area contributed by atoms with E-state index in [4.69, 9.17) is 4.74 Å². The highest BCUT2D eigenvalue weighted by Crippen LogP contribution is 2.25. The maximum absolute atomic E-state index is 12.3. The van der Waals surface area contributed by atoms with Gasteiger partial charge in [-0.15, -0.1) is 0 Å². The molecule has 0 heterocycles. The largest absolute Gasteiger partial charge is 0.396 e. The normalized spacial score (nSPS) is 13.9. The van der Waals surface area contributed by atoms with Crippen LogP contribution in [0.25, 0.3) is 0 Å². The third-order valence-corrected chi connectivity index (χ3v) is 4.17. The van der Waals surface area contributed by atoms with Gasteiger partial charge in [0.1, 0.15) is 6.10 Å². The molecule has 2 atom stereocenters. The van der Waals surface area contributed by atoms with E-state index in [9.17, 15) is 9.90 Å². The summed E-state index contributed by atoms with van der Waals surface area (Å²) >= 11 is 3.49. The zero-order valence-corrected chi connectivity index (χ0v) is 15.1. The van der Waals surface area contributed by atoms with Gasteiger partial charge in [0.05, 0.1) is 6.04 Å². The molecule has 2 N–H and O–H groups in total. The first-order valence-corrected chi connectivity index (χ1v) is 8.52. The van der Waals surface area contributed by atoms with Gasteiger partial charge in [-0.3, -0.25) is 4.79 Å². The summed E-state index contributed by atoms with van der Waals surface area (Å²) in [4.78, 5) is 12.3. The number of amides is 1. The Hall–Kier alpha value is -0.910. The van der Waals surface area contributed by atoms with Crippen LogP contribution in [0.5, 0.6) is 0 Å². The number of halogens is 1. The average Bonchev–Trinajstić information content (AvgIpc) is 2.46. The van der Waals surface area contributed by atoms with E-state index in [2.05, 4.69) is 35.1 Å². The van der Waals surface area contributed by atoms with Crippen molar-refractivity contribution in [2.75, 3.05) is 13.2 Å². The molecule has 5 heteroatoms. The molecule has 0 radical (unpaired) electrons. The molecule has 0 aliphatic heterocycles. The van der Waals surface area contributed by atoms with E-state index in [0.29, 0.717) is 18.9 Å². The molecule has 0 fully saturated rings. The molecule has 1 rings (SSSR count). The Labute approximate surface area is 141 Å². The second-order valence-electron chi connectivity index (χ2n) is 5.79. The summed E-state index contributed by atoms with van der Waals surface area (Å²) in [5.74, 6) is 0.399. The smallest absolute Gasteiger partial charge is 0.249 e. The fourth-order valence-electron chi connectivity index (χ4n) is 2.04. The number of benzene rings is 1. The van der Waals surface area contributed by atoms with Gasteiger partial charge in [-0.2, -0.15) is 0 Å². The number of nitrogens with one attached hydrogen (secondary N) is 1. The third kappa shape index (κ3) is 6.46. The van der Waals surface area contributed by atoms with E-state index in [-0.39, 0.29) is 18.6 Å². The van der Waals surface area contributed by atoms with Crippen LogP contribution in [-0.4, -0.2) is 30.3 Å². The van der Waals surface area contributed by atoms with Crippen LogP contribution in [0.4, 0.5) is 0 Å². The van der Waals surface area contributed by atoms with Gasteiger partial charge >= 0.3 is 0 Å². The Morgan fingerprint density at radius 1 is 1.27 bits per heavy atom. The topological polar surface area (TPSA) is 58.6 Å². The number of aliphatic hydroxyl groups excluding tert-OH is 1. The van der Waals surface area contributed by atoms with Crippen LogP contribution < -0.4 is 5.32 Å². The number of aliphatic hydroxyl groups is 1. The predicted molar refractivity (Wildman–Crippen MR) is 91.6 cm³/mol. The molecule has 1 amide bonds. The Bertz CT molecular complexity index is 465. The molecular formula is C17H26BrNO3. The number of ether oxygens (including phenoxy) is 1. The van der Waals surface area contributed by atoms with Crippen molar-refractivity contribution in [3.05, 3.63) is 34.3 Å². The minimum atomic E-state index is -0.498. The average molecular weight is 372 g/mol. The molecule has 1 aromatic rings. The van der Waals surface area contributed by atoms with Gasteiger partial charge in [0.25, 0.3) is 0 Å². The van der Waals surface area contributed by atoms with E-state index < -0.39 is 6.10 Å². The molecule has 0 saturated carbocycles. The van der Waals surface area contributed by atoms with Crippen molar-refractivity contribution in [1.82, 2.24) is 5.32 Å². The first-order valence-electron chi connectivity index (χ1n) is 7.73. The molecule has 1 aromatic carbocycles. The molecule has 0 saturated heterocycles. The summed E-state index contributed by atoms with van der Waals surface area (Å²) in [6, 6.07) is 7.47. The highest BCUT2D eigenvalue weighted by atomic mass is 79.9. The van der Waals surface area contributed by atoms with Crippen LogP contribution in [0.3, 0.4) is 0 Å². The Morgan fingerprint density at radius 2 is 1.95 bits per heavy atom. The lowest BCUT2D eigenvalue weighted by Crippen LogP contribution is -2.37. The van der Waals surface area contributed by atoms with Crippen molar-refractivity contribution in [3.8, 4) is 0 Å². The monoisotopic (exact) mass is 371 g/mol. The summed E-state index contributed by atoms with van der Waals surface area (Å²) < 4.78 is 6.49. The molecule has 124 valence electrons. The summed E-state index contributed by atoms with van der Waals surface area (Å²) in [5, 5.41) is 12.2. The number of hydrogen-bond acceptors (Lipinski definition) is 3. The molecule has 0 aliphatic carbocycles. The zero-order chi connectivity index (χ0) is 16.5. The molecule has 0 spiro atoms. The van der Waals surface area contributed by atoms with E-state index in [1.54, 1.807) is 6.92 Å². The molecule has 0 aliphatic rings. The number of rotatable bonds is 9. The van der Waals surface area contributed by atoms with Gasteiger partial charge in [-0.25, -0.2) is 0 Å². The standard InChI is InChI=1S/C17H26BrNO3/c1-12(2)9-11-22-13(3)17(21)19-16(8-10-20)14-6-4-5-7-15(14)18/h4-7,12-13,16,20H,8-11H2,1-3H3,(H,19,21)/t13-,16-/m0/s1.